The van der Waals surface area contributed by atoms with Crippen LogP contribution in [0, 0.1) is 0 Å². The van der Waals surface area contributed by atoms with E-state index in [2.05, 4.69) is 26.8 Å². The molecule has 0 heterocycles. The Morgan fingerprint density at radius 1 is 1.56 bits per heavy atom. The van der Waals surface area contributed by atoms with E-state index >= 15 is 0 Å². The molecule has 0 aromatic carbocycles. The number of hydrogen-bond donors (Lipinski definition) is 0. The van der Waals surface area contributed by atoms with E-state index in [4.69, 9.17) is 4.43 Å². The van der Waals surface area contributed by atoms with Crippen molar-refractivity contribution in [3.8, 4) is 0 Å². The molecule has 2 radical (unpaired) electrons. The highest BCUT2D eigenvalue weighted by Crippen LogP contribution is 1.92. The molecule has 0 atom stereocenters. The molecule has 0 unspecified atom stereocenters. The first-order chi connectivity index (χ1) is 4.16. The van der Waals surface area contributed by atoms with E-state index in [0.717, 1.165) is 0 Å². The lowest BCUT2D eigenvalue weighted by Crippen LogP contribution is -2.07. The first-order valence-electron chi connectivity index (χ1n) is 3.21. The average molecular weight is 142 g/mol. The van der Waals surface area contributed by atoms with Gasteiger partial charge in [-0.3, -0.25) is 0 Å². The largest absolute Gasteiger partial charge is 0.409 e. The second kappa shape index (κ2) is 4.76. The third-order valence-electron chi connectivity index (χ3n) is 0.889. The quantitative estimate of drug-likeness (QED) is 0.547. The van der Waals surface area contributed by atoms with E-state index in [1.54, 1.807) is 0 Å². The summed E-state index contributed by atoms with van der Waals surface area (Å²) in [6.45, 7) is 8.22. The van der Waals surface area contributed by atoms with Gasteiger partial charge in [0.25, 0.3) is 9.76 Å². The molecule has 0 N–H and O–H groups in total. The van der Waals surface area contributed by atoms with Crippen LogP contribution in [0.1, 0.15) is 27.7 Å². The summed E-state index contributed by atoms with van der Waals surface area (Å²) in [6, 6.07) is 0. The molecular formula is C7H14OSi. The molecule has 0 saturated carbocycles. The van der Waals surface area contributed by atoms with Crippen molar-refractivity contribution in [3.05, 3.63) is 11.3 Å². The van der Waals surface area contributed by atoms with Crippen LogP contribution in [0.3, 0.4) is 0 Å². The minimum Gasteiger partial charge on any atom is -0.409 e. The van der Waals surface area contributed by atoms with Gasteiger partial charge in [0, 0.05) is 6.10 Å². The minimum absolute atomic E-state index is 0.359. The van der Waals surface area contributed by atoms with Crippen LogP contribution in [0.25, 0.3) is 0 Å². The van der Waals surface area contributed by atoms with Gasteiger partial charge in [0.2, 0.25) is 0 Å². The summed E-state index contributed by atoms with van der Waals surface area (Å²) in [5, 5.41) is 1.32. The molecular weight excluding hydrogens is 128 g/mol. The van der Waals surface area contributed by atoms with Crippen molar-refractivity contribution in [1.82, 2.24) is 0 Å². The molecule has 0 aromatic rings. The Morgan fingerprint density at radius 2 is 2.11 bits per heavy atom. The van der Waals surface area contributed by atoms with E-state index in [0.29, 0.717) is 15.9 Å². The van der Waals surface area contributed by atoms with Crippen molar-refractivity contribution < 1.29 is 4.43 Å². The van der Waals surface area contributed by atoms with Crippen molar-refractivity contribution >= 4 is 9.76 Å². The maximum Gasteiger partial charge on any atom is 0.264 e. The molecule has 0 fully saturated rings. The van der Waals surface area contributed by atoms with Crippen molar-refractivity contribution in [2.24, 2.45) is 0 Å². The predicted molar refractivity (Wildman–Crippen MR) is 41.4 cm³/mol. The van der Waals surface area contributed by atoms with Crippen LogP contribution in [0.5, 0.6) is 0 Å². The molecule has 52 valence electrons. The van der Waals surface area contributed by atoms with Crippen LogP contribution in [0.15, 0.2) is 11.3 Å². The molecule has 0 rings (SSSR count). The van der Waals surface area contributed by atoms with Gasteiger partial charge in [0.1, 0.15) is 0 Å². The van der Waals surface area contributed by atoms with Gasteiger partial charge in [0.15, 0.2) is 0 Å². The molecule has 0 aliphatic carbocycles. The Morgan fingerprint density at radius 3 is 2.44 bits per heavy atom. The smallest absolute Gasteiger partial charge is 0.264 e. The Balaban J connectivity index is 3.28. The zero-order chi connectivity index (χ0) is 7.28. The Hall–Kier alpha value is -0.0831. The fourth-order valence-electron chi connectivity index (χ4n) is 0.270. The molecule has 0 saturated heterocycles. The Kier molecular flexibility index (Phi) is 4.72. The summed E-state index contributed by atoms with van der Waals surface area (Å²) in [6.07, 6.45) is 2.44. The van der Waals surface area contributed by atoms with E-state index in [1.165, 1.54) is 5.20 Å². The molecule has 2 heteroatoms. The van der Waals surface area contributed by atoms with Crippen LogP contribution in [0.2, 0.25) is 0 Å². The minimum atomic E-state index is 0.359. The van der Waals surface area contributed by atoms with Crippen molar-refractivity contribution in [3.63, 3.8) is 0 Å². The van der Waals surface area contributed by atoms with Gasteiger partial charge < -0.3 is 4.43 Å². The van der Waals surface area contributed by atoms with E-state index in [9.17, 15) is 0 Å². The number of rotatable bonds is 3. The van der Waals surface area contributed by atoms with Crippen LogP contribution in [-0.4, -0.2) is 15.9 Å². The van der Waals surface area contributed by atoms with Gasteiger partial charge in [-0.25, -0.2) is 0 Å². The highest BCUT2D eigenvalue weighted by atomic mass is 28.2. The number of hydrogen-bond acceptors (Lipinski definition) is 1. The summed E-state index contributed by atoms with van der Waals surface area (Å²) < 4.78 is 5.35. The monoisotopic (exact) mass is 142 g/mol. The number of allylic oxidation sites excluding steroid dienone is 2. The summed E-state index contributed by atoms with van der Waals surface area (Å²) in [7, 11) is 0.547. The lowest BCUT2D eigenvalue weighted by atomic mass is 10.5. The fraction of sp³-hybridized carbons (Fsp3) is 0.714. The SMILES string of the molecule is C/C=C(\C)[Si]OC(C)C. The molecule has 0 bridgehead atoms. The standard InChI is InChI=1S/C7H14OSi/c1-5-7(4)9-8-6(2)3/h5-6H,1-4H3/b7-5+. The van der Waals surface area contributed by atoms with Crippen LogP contribution in [0.4, 0.5) is 0 Å². The van der Waals surface area contributed by atoms with Gasteiger partial charge in [0.05, 0.1) is 0 Å². The highest BCUT2D eigenvalue weighted by molar-refractivity contribution is 6.37. The van der Waals surface area contributed by atoms with Crippen LogP contribution in [-0.2, 0) is 4.43 Å². The zero-order valence-corrected chi connectivity index (χ0v) is 7.56. The highest BCUT2D eigenvalue weighted by Gasteiger charge is 1.94. The molecule has 0 aliphatic rings. The lowest BCUT2D eigenvalue weighted by Gasteiger charge is -2.04. The molecule has 0 aromatic heterocycles. The maximum atomic E-state index is 5.35. The second-order valence-corrected chi connectivity index (χ2v) is 3.47. The van der Waals surface area contributed by atoms with Gasteiger partial charge in [-0.15, -0.1) is 0 Å². The van der Waals surface area contributed by atoms with Gasteiger partial charge in [-0.1, -0.05) is 11.3 Å². The van der Waals surface area contributed by atoms with Crippen molar-refractivity contribution in [2.75, 3.05) is 0 Å². The molecule has 0 spiro atoms. The molecule has 1 nitrogen and oxygen atoms in total. The average Bonchev–Trinajstić information content (AvgIpc) is 1.83. The third kappa shape index (κ3) is 5.79. The Labute approximate surface area is 60.1 Å². The second-order valence-electron chi connectivity index (χ2n) is 2.24. The normalized spacial score (nSPS) is 12.8. The summed E-state index contributed by atoms with van der Waals surface area (Å²) in [5.41, 5.74) is 0. The maximum absolute atomic E-state index is 5.35. The lowest BCUT2D eigenvalue weighted by molar-refractivity contribution is 0.259. The molecule has 0 amide bonds. The van der Waals surface area contributed by atoms with E-state index < -0.39 is 0 Å². The van der Waals surface area contributed by atoms with Gasteiger partial charge >= 0.3 is 0 Å². The van der Waals surface area contributed by atoms with Crippen LogP contribution < -0.4 is 0 Å². The van der Waals surface area contributed by atoms with Gasteiger partial charge in [-0.2, -0.15) is 0 Å². The van der Waals surface area contributed by atoms with Gasteiger partial charge in [-0.05, 0) is 27.7 Å². The van der Waals surface area contributed by atoms with Crippen molar-refractivity contribution in [1.29, 1.82) is 0 Å². The third-order valence-corrected chi connectivity index (χ3v) is 2.09. The molecule has 0 aliphatic heterocycles. The first-order valence-corrected chi connectivity index (χ1v) is 4.12. The topological polar surface area (TPSA) is 9.23 Å². The summed E-state index contributed by atoms with van der Waals surface area (Å²) >= 11 is 0. The van der Waals surface area contributed by atoms with Crippen molar-refractivity contribution in [2.45, 2.75) is 33.8 Å². The van der Waals surface area contributed by atoms with E-state index in [-0.39, 0.29) is 0 Å². The summed E-state index contributed by atoms with van der Waals surface area (Å²) in [4.78, 5) is 0. The predicted octanol–water partition coefficient (Wildman–Crippen LogP) is 1.95. The van der Waals surface area contributed by atoms with Crippen LogP contribution >= 0.6 is 0 Å². The fourth-order valence-corrected chi connectivity index (χ4v) is 0.809. The molecule has 9 heavy (non-hydrogen) atoms. The Bertz CT molecular complexity index is 97.1. The zero-order valence-electron chi connectivity index (χ0n) is 6.56. The first kappa shape index (κ1) is 8.92. The summed E-state index contributed by atoms with van der Waals surface area (Å²) in [5.74, 6) is 0. The van der Waals surface area contributed by atoms with E-state index in [1.807, 2.05) is 6.92 Å².